The topological polar surface area (TPSA) is 198 Å². The Bertz CT molecular complexity index is 1360. The number of nitrogens with one attached hydrogen (secondary N) is 1. The van der Waals surface area contributed by atoms with Gasteiger partial charge in [-0.3, -0.25) is 14.2 Å². The van der Waals surface area contributed by atoms with Crippen LogP contribution in [-0.2, 0) is 19.1 Å². The fourth-order valence-corrected chi connectivity index (χ4v) is 4.95. The number of β-lactam (4-membered cyclic amide) rings is 1. The number of amides is 3. The first-order chi connectivity index (χ1) is 19.2. The lowest BCUT2D eigenvalue weighted by Crippen LogP contribution is -2.54. The number of aliphatic hydroxyl groups is 2. The number of piperidine rings is 1. The number of aliphatic hydroxyl groups excluding tert-OH is 2. The summed E-state index contributed by atoms with van der Waals surface area (Å²) >= 11 is 0. The van der Waals surface area contributed by atoms with E-state index in [0.29, 0.717) is 26.1 Å². The van der Waals surface area contributed by atoms with Gasteiger partial charge < -0.3 is 40.5 Å². The molecule has 0 saturated carbocycles. The predicted octanol–water partition coefficient (Wildman–Crippen LogP) is -1.06. The van der Waals surface area contributed by atoms with Crippen molar-refractivity contribution in [2.24, 2.45) is 5.92 Å². The Labute approximate surface area is 229 Å². The SMILES string of the molecule is CCNC(=O)[C@H]1O[C@@H](n2cnc3c(N)nc(C#CCC4CCN(C(=O)OC5CC(=O)N5C)CC4)nc32)[C@H](O)[C@@H]1O. The third-order valence-electron chi connectivity index (χ3n) is 7.45. The molecule has 3 fully saturated rings. The Balaban J connectivity index is 1.21. The number of nitrogens with zero attached hydrogens (tertiary/aromatic N) is 6. The van der Waals surface area contributed by atoms with Crippen molar-refractivity contribution in [3.8, 4) is 11.8 Å². The summed E-state index contributed by atoms with van der Waals surface area (Å²) in [6.45, 7) is 3.16. The molecule has 1 unspecified atom stereocenters. The summed E-state index contributed by atoms with van der Waals surface area (Å²) in [7, 11) is 1.61. The maximum Gasteiger partial charge on any atom is 0.411 e. The predicted molar refractivity (Wildman–Crippen MR) is 138 cm³/mol. The van der Waals surface area contributed by atoms with Crippen LogP contribution in [-0.4, -0.2) is 109 Å². The summed E-state index contributed by atoms with van der Waals surface area (Å²) in [4.78, 5) is 51.8. The Morgan fingerprint density at radius 2 is 2.00 bits per heavy atom. The molecule has 3 aliphatic heterocycles. The average Bonchev–Trinajstić information content (AvgIpc) is 3.49. The zero-order valence-corrected chi connectivity index (χ0v) is 22.2. The Kier molecular flexibility index (Phi) is 7.74. The van der Waals surface area contributed by atoms with Crippen LogP contribution in [0, 0.1) is 17.8 Å². The molecule has 0 aromatic carbocycles. The Morgan fingerprint density at radius 3 is 2.67 bits per heavy atom. The number of fused-ring (bicyclic) bond motifs is 1. The number of imidazole rings is 1. The molecule has 0 aliphatic carbocycles. The molecule has 15 heteroatoms. The van der Waals surface area contributed by atoms with Gasteiger partial charge in [0.15, 0.2) is 30.0 Å². The largest absolute Gasteiger partial charge is 0.425 e. The number of hydrogen-bond acceptors (Lipinski definition) is 11. The summed E-state index contributed by atoms with van der Waals surface area (Å²) in [5.41, 5.74) is 6.60. The normalized spacial score (nSPS) is 26.8. The van der Waals surface area contributed by atoms with E-state index in [2.05, 4.69) is 32.1 Å². The second kappa shape index (κ2) is 11.2. The third kappa shape index (κ3) is 5.25. The van der Waals surface area contributed by atoms with Crippen LogP contribution >= 0.6 is 0 Å². The lowest BCUT2D eigenvalue weighted by atomic mass is 9.94. The summed E-state index contributed by atoms with van der Waals surface area (Å²) in [6.07, 6.45) is -2.47. The molecular formula is C25H32N8O7. The highest BCUT2D eigenvalue weighted by Gasteiger charge is 2.47. The van der Waals surface area contributed by atoms with Gasteiger partial charge in [0.2, 0.25) is 11.7 Å². The molecule has 3 saturated heterocycles. The van der Waals surface area contributed by atoms with Crippen LogP contribution < -0.4 is 11.1 Å². The number of nitrogens with two attached hydrogens (primary N) is 1. The molecule has 5 heterocycles. The number of likely N-dealkylation sites (N-methyl/N-ethyl adjacent to an activating group) is 1. The number of ether oxygens (including phenoxy) is 2. The average molecular weight is 557 g/mol. The van der Waals surface area contributed by atoms with Crippen LogP contribution in [0.5, 0.6) is 0 Å². The molecule has 3 aliphatic rings. The summed E-state index contributed by atoms with van der Waals surface area (Å²) < 4.78 is 12.5. The first-order valence-electron chi connectivity index (χ1n) is 13.2. The highest BCUT2D eigenvalue weighted by molar-refractivity contribution is 5.84. The van der Waals surface area contributed by atoms with E-state index >= 15 is 0 Å². The van der Waals surface area contributed by atoms with Crippen molar-refractivity contribution in [1.82, 2.24) is 34.6 Å². The minimum Gasteiger partial charge on any atom is -0.425 e. The van der Waals surface area contributed by atoms with Crippen LogP contribution in [0.3, 0.4) is 0 Å². The van der Waals surface area contributed by atoms with Gasteiger partial charge in [-0.2, -0.15) is 0 Å². The lowest BCUT2D eigenvalue weighted by Gasteiger charge is -2.38. The molecule has 2 aromatic rings. The smallest absolute Gasteiger partial charge is 0.411 e. The van der Waals surface area contributed by atoms with E-state index in [0.717, 1.165) is 12.8 Å². The number of anilines is 1. The summed E-state index contributed by atoms with van der Waals surface area (Å²) in [6, 6.07) is 0. The second-order valence-corrected chi connectivity index (χ2v) is 10.1. The molecule has 5 atom stereocenters. The van der Waals surface area contributed by atoms with Gasteiger partial charge >= 0.3 is 6.09 Å². The number of carbonyl (C=O) groups is 3. The first-order valence-corrected chi connectivity index (χ1v) is 13.2. The molecule has 2 aromatic heterocycles. The van der Waals surface area contributed by atoms with Crippen molar-refractivity contribution in [3.05, 3.63) is 12.2 Å². The standard InChI is InChI=1S/C25H32N8O7/c1-3-27-23(37)20-18(35)19(36)24(40-20)33-12-28-17-21(26)29-14(30-22(17)33)6-4-5-13-7-9-32(10-8-13)25(38)39-16-11-15(34)31(16)2/h12-13,16,18-20,24,35-36H,3,5,7-11H2,1-2H3,(H,27,37)(H2,26,29,30)/t16?,18-,19+,20-,24+/m0/s1. The fourth-order valence-electron chi connectivity index (χ4n) is 4.95. The highest BCUT2D eigenvalue weighted by atomic mass is 16.6. The van der Waals surface area contributed by atoms with Crippen LogP contribution in [0.1, 0.15) is 44.7 Å². The van der Waals surface area contributed by atoms with E-state index in [-0.39, 0.29) is 41.1 Å². The van der Waals surface area contributed by atoms with Gasteiger partial charge in [0.1, 0.15) is 17.7 Å². The molecule has 5 N–H and O–H groups in total. The van der Waals surface area contributed by atoms with Gasteiger partial charge in [-0.15, -0.1) is 0 Å². The van der Waals surface area contributed by atoms with Crippen LogP contribution in [0.4, 0.5) is 10.6 Å². The molecular weight excluding hydrogens is 524 g/mol. The van der Waals surface area contributed by atoms with Crippen molar-refractivity contribution in [3.63, 3.8) is 0 Å². The van der Waals surface area contributed by atoms with Crippen LogP contribution in [0.2, 0.25) is 0 Å². The minimum absolute atomic E-state index is 0.0437. The minimum atomic E-state index is -1.44. The maximum atomic E-state index is 12.4. The van der Waals surface area contributed by atoms with E-state index < -0.39 is 42.8 Å². The van der Waals surface area contributed by atoms with Gasteiger partial charge in [-0.1, -0.05) is 5.92 Å². The van der Waals surface area contributed by atoms with E-state index in [4.69, 9.17) is 15.2 Å². The monoisotopic (exact) mass is 556 g/mol. The number of carbonyl (C=O) groups excluding carboxylic acids is 3. The number of aromatic nitrogens is 4. The zero-order valence-electron chi connectivity index (χ0n) is 22.2. The lowest BCUT2D eigenvalue weighted by molar-refractivity contribution is -0.161. The number of rotatable bonds is 5. The molecule has 0 radical (unpaired) electrons. The summed E-state index contributed by atoms with van der Waals surface area (Å²) in [5, 5.41) is 23.5. The molecule has 15 nitrogen and oxygen atoms in total. The molecule has 40 heavy (non-hydrogen) atoms. The quantitative estimate of drug-likeness (QED) is 0.259. The van der Waals surface area contributed by atoms with Crippen molar-refractivity contribution >= 4 is 34.9 Å². The molecule has 0 bridgehead atoms. The number of nitrogen functional groups attached to an aromatic ring is 1. The van der Waals surface area contributed by atoms with E-state index in [1.165, 1.54) is 15.8 Å². The van der Waals surface area contributed by atoms with Crippen molar-refractivity contribution in [1.29, 1.82) is 0 Å². The third-order valence-corrected chi connectivity index (χ3v) is 7.45. The Hall–Kier alpha value is -4.00. The Morgan fingerprint density at radius 1 is 1.25 bits per heavy atom. The fraction of sp³-hybridized carbons (Fsp3) is 0.600. The number of hydrogen-bond donors (Lipinski definition) is 4. The zero-order chi connectivity index (χ0) is 28.6. The van der Waals surface area contributed by atoms with E-state index in [1.807, 2.05) is 0 Å². The number of likely N-dealkylation sites (tertiary alicyclic amines) is 2. The van der Waals surface area contributed by atoms with Gasteiger partial charge in [0.05, 0.1) is 12.7 Å². The van der Waals surface area contributed by atoms with E-state index in [1.54, 1.807) is 18.9 Å². The van der Waals surface area contributed by atoms with Gasteiger partial charge in [-0.05, 0) is 31.6 Å². The highest BCUT2D eigenvalue weighted by Crippen LogP contribution is 2.32. The van der Waals surface area contributed by atoms with Crippen molar-refractivity contribution in [2.75, 3.05) is 32.4 Å². The van der Waals surface area contributed by atoms with Crippen molar-refractivity contribution < 1.29 is 34.1 Å². The van der Waals surface area contributed by atoms with Gasteiger partial charge in [0.25, 0.3) is 5.91 Å². The second-order valence-electron chi connectivity index (χ2n) is 10.1. The molecule has 5 rings (SSSR count). The molecule has 214 valence electrons. The molecule has 3 amide bonds. The molecule has 0 spiro atoms. The van der Waals surface area contributed by atoms with Gasteiger partial charge in [-0.25, -0.2) is 19.7 Å². The van der Waals surface area contributed by atoms with Crippen molar-refractivity contribution in [2.45, 2.75) is 63.4 Å². The summed E-state index contributed by atoms with van der Waals surface area (Å²) in [5.74, 6) is 5.95. The first kappa shape index (κ1) is 27.6. The maximum absolute atomic E-state index is 12.4. The van der Waals surface area contributed by atoms with Gasteiger partial charge in [0, 0.05) is 33.1 Å². The van der Waals surface area contributed by atoms with Crippen LogP contribution in [0.25, 0.3) is 11.2 Å². The van der Waals surface area contributed by atoms with E-state index in [9.17, 15) is 24.6 Å². The van der Waals surface area contributed by atoms with Crippen LogP contribution in [0.15, 0.2) is 6.33 Å².